The predicted molar refractivity (Wildman–Crippen MR) is 280 cm³/mol. The molecule has 6 fully saturated rings. The fourth-order valence-corrected chi connectivity index (χ4v) is 14.2. The number of benzene rings is 3. The number of aromatic nitrogens is 4. The van der Waals surface area contributed by atoms with E-state index in [2.05, 4.69) is 46.9 Å². The number of nitrogens with one attached hydrogen (secondary N) is 2. The van der Waals surface area contributed by atoms with Gasteiger partial charge in [-0.3, -0.25) is 9.59 Å². The van der Waals surface area contributed by atoms with Crippen LogP contribution in [0.5, 0.6) is 0 Å². The predicted octanol–water partition coefficient (Wildman–Crippen LogP) is 10.6. The van der Waals surface area contributed by atoms with E-state index < -0.39 is 41.6 Å². The Morgan fingerprint density at radius 3 is 1.64 bits per heavy atom. The van der Waals surface area contributed by atoms with Crippen molar-refractivity contribution >= 4 is 57.4 Å². The third-order valence-electron chi connectivity index (χ3n) is 18.1. The highest BCUT2D eigenvalue weighted by molar-refractivity contribution is 5.86. The number of piperidine rings is 1. The molecular weight excluding hydrogens is 959 g/mol. The van der Waals surface area contributed by atoms with Gasteiger partial charge in [0.25, 0.3) is 11.8 Å². The van der Waals surface area contributed by atoms with Crippen LogP contribution in [0.2, 0.25) is 0 Å². The largest absolute Gasteiger partial charge is 0.436 e. The van der Waals surface area contributed by atoms with Gasteiger partial charge in [-0.15, -0.1) is 0 Å². The number of anilines is 2. The Bertz CT molecular complexity index is 2920. The summed E-state index contributed by atoms with van der Waals surface area (Å²) < 4.78 is 44.5. The molecule has 6 N–H and O–H groups in total. The number of fused-ring (bicyclic) bond motifs is 2. The van der Waals surface area contributed by atoms with Crippen molar-refractivity contribution in [3.63, 3.8) is 0 Å². The Balaban J connectivity index is 0.927. The van der Waals surface area contributed by atoms with Crippen LogP contribution in [0.4, 0.5) is 29.7 Å². The Kier molecular flexibility index (Phi) is 14.1. The number of hydrogen-bond donors (Lipinski definition) is 4. The Hall–Kier alpha value is -6.46. The van der Waals surface area contributed by atoms with E-state index in [9.17, 15) is 19.2 Å². The van der Waals surface area contributed by atoms with Crippen LogP contribution < -0.4 is 21.3 Å². The molecule has 400 valence electrons. The first-order valence-corrected chi connectivity index (χ1v) is 27.8. The van der Waals surface area contributed by atoms with Crippen LogP contribution in [0.15, 0.2) is 48.5 Å². The van der Waals surface area contributed by atoms with Gasteiger partial charge in [0.05, 0.1) is 45.7 Å². The molecule has 7 atom stereocenters. The first kappa shape index (κ1) is 50.7. The molecule has 2 aliphatic carbocycles. The molecule has 75 heavy (non-hydrogen) atoms. The highest BCUT2D eigenvalue weighted by Crippen LogP contribution is 2.55. The van der Waals surface area contributed by atoms with Crippen LogP contribution in [0, 0.1) is 29.4 Å². The molecule has 16 nitrogen and oxygen atoms in total. The molecular formula is C57H72F2N10O6. The van der Waals surface area contributed by atoms with Crippen LogP contribution in [-0.4, -0.2) is 92.1 Å². The number of nitrogens with zero attached hydrogens (tertiary/aromatic N) is 6. The fraction of sp³-hybridized carbons (Fsp3) is 0.579. The number of carbonyl (C=O) groups excluding carboxylic acids is 4. The zero-order valence-electron chi connectivity index (χ0n) is 43.3. The van der Waals surface area contributed by atoms with Gasteiger partial charge in [0.2, 0.25) is 0 Å². The molecule has 0 spiro atoms. The van der Waals surface area contributed by atoms with Gasteiger partial charge < -0.3 is 50.5 Å². The highest BCUT2D eigenvalue weighted by atomic mass is 19.1. The number of nitrogens with two attached hydrogens (primary N) is 2. The van der Waals surface area contributed by atoms with Crippen molar-refractivity contribution in [2.24, 2.45) is 29.2 Å². The second-order valence-electron chi connectivity index (χ2n) is 22.6. The van der Waals surface area contributed by atoms with Crippen molar-refractivity contribution in [2.75, 3.05) is 36.0 Å². The highest BCUT2D eigenvalue weighted by Gasteiger charge is 2.51. The SMILES string of the molecule is CC1CC(c2ccc3nc([C@@H]4CCCN4C(=O)[C@@H](OC(N)=O)C4CCCCC4)[nH]c3c2)N(c2cc(F)c(N3CCCCC3)c(F)c2)[C@@]1(C)c1ccc2nc([C@@H]3CCCN3C(=O)[C@@H](OC(N)=O)C3CCCCC3)[nH]c2c1. The van der Waals surface area contributed by atoms with Crippen molar-refractivity contribution < 1.29 is 37.4 Å². The third kappa shape index (κ3) is 9.63. The van der Waals surface area contributed by atoms with Crippen LogP contribution in [0.3, 0.4) is 0 Å². The smallest absolute Gasteiger partial charge is 0.405 e. The van der Waals surface area contributed by atoms with Gasteiger partial charge in [-0.05, 0) is 137 Å². The average molecular weight is 1030 g/mol. The minimum absolute atomic E-state index is 0.0122. The summed E-state index contributed by atoms with van der Waals surface area (Å²) in [4.78, 5) is 77.6. The summed E-state index contributed by atoms with van der Waals surface area (Å²) in [5.41, 5.74) is 15.5. The average Bonchev–Trinajstić information content (AvgIpc) is 4.30. The Morgan fingerprint density at radius 1 is 0.627 bits per heavy atom. The second kappa shape index (κ2) is 20.9. The van der Waals surface area contributed by atoms with E-state index in [1.807, 2.05) is 23.1 Å². The molecule has 2 unspecified atom stereocenters. The molecule has 6 heterocycles. The maximum absolute atomic E-state index is 16.7. The summed E-state index contributed by atoms with van der Waals surface area (Å²) >= 11 is 0. The van der Waals surface area contributed by atoms with Crippen LogP contribution in [0.25, 0.3) is 22.1 Å². The van der Waals surface area contributed by atoms with Gasteiger partial charge in [-0.1, -0.05) is 57.6 Å². The van der Waals surface area contributed by atoms with Gasteiger partial charge in [-0.25, -0.2) is 28.3 Å². The van der Waals surface area contributed by atoms with Crippen molar-refractivity contribution in [1.82, 2.24) is 29.7 Å². The van der Waals surface area contributed by atoms with E-state index in [1.54, 1.807) is 9.80 Å². The van der Waals surface area contributed by atoms with Crippen LogP contribution in [0.1, 0.15) is 170 Å². The zero-order valence-corrected chi connectivity index (χ0v) is 43.3. The summed E-state index contributed by atoms with van der Waals surface area (Å²) in [5.74, 6) is -0.581. The molecule has 5 aromatic rings. The Labute approximate surface area is 436 Å². The minimum atomic E-state index is -0.949. The third-order valence-corrected chi connectivity index (χ3v) is 18.1. The number of primary amides is 2. The molecule has 0 bridgehead atoms. The zero-order chi connectivity index (χ0) is 52.1. The summed E-state index contributed by atoms with van der Waals surface area (Å²) in [7, 11) is 0. The number of halogens is 2. The summed E-state index contributed by atoms with van der Waals surface area (Å²) in [6, 6.07) is 14.2. The van der Waals surface area contributed by atoms with Crippen molar-refractivity contribution in [3.05, 3.63) is 82.9 Å². The number of amides is 4. The van der Waals surface area contributed by atoms with Crippen molar-refractivity contribution in [2.45, 2.75) is 165 Å². The number of H-pyrrole nitrogens is 2. The van der Waals surface area contributed by atoms with Gasteiger partial charge in [0, 0.05) is 43.7 Å². The molecule has 4 amide bonds. The maximum Gasteiger partial charge on any atom is 0.405 e. The monoisotopic (exact) mass is 1030 g/mol. The summed E-state index contributed by atoms with van der Waals surface area (Å²) in [6.45, 7) is 6.53. The van der Waals surface area contributed by atoms with E-state index in [0.29, 0.717) is 62.8 Å². The van der Waals surface area contributed by atoms with Gasteiger partial charge in [-0.2, -0.15) is 0 Å². The number of aromatic amines is 2. The molecule has 6 aliphatic rings. The van der Waals surface area contributed by atoms with Crippen LogP contribution in [-0.2, 0) is 24.6 Å². The maximum atomic E-state index is 16.7. The molecule has 3 aromatic carbocycles. The number of imidazole rings is 2. The van der Waals surface area contributed by atoms with Gasteiger partial charge in [0.1, 0.15) is 17.3 Å². The van der Waals surface area contributed by atoms with Gasteiger partial charge in [0.15, 0.2) is 23.8 Å². The molecule has 0 radical (unpaired) electrons. The number of hydrogen-bond acceptors (Lipinski definition) is 10. The second-order valence-corrected chi connectivity index (χ2v) is 22.6. The summed E-state index contributed by atoms with van der Waals surface area (Å²) in [5, 5.41) is 0. The lowest BCUT2D eigenvalue weighted by Gasteiger charge is -2.43. The lowest BCUT2D eigenvalue weighted by molar-refractivity contribution is -0.145. The first-order valence-electron chi connectivity index (χ1n) is 27.8. The van der Waals surface area contributed by atoms with E-state index >= 15 is 8.78 Å². The first-order chi connectivity index (χ1) is 36.3. The molecule has 2 saturated carbocycles. The van der Waals surface area contributed by atoms with E-state index in [4.69, 9.17) is 30.9 Å². The number of rotatable bonds is 12. The molecule has 4 saturated heterocycles. The molecule has 18 heteroatoms. The minimum Gasteiger partial charge on any atom is -0.436 e. The molecule has 11 rings (SSSR count). The number of carbonyl (C=O) groups is 4. The lowest BCUT2D eigenvalue weighted by Crippen LogP contribution is -2.46. The fourth-order valence-electron chi connectivity index (χ4n) is 14.2. The van der Waals surface area contributed by atoms with Crippen LogP contribution >= 0.6 is 0 Å². The number of likely N-dealkylation sites (tertiary alicyclic amines) is 2. The summed E-state index contributed by atoms with van der Waals surface area (Å²) in [6.07, 6.45) is 11.8. The number of ether oxygens (including phenoxy) is 2. The van der Waals surface area contributed by atoms with Gasteiger partial charge >= 0.3 is 12.2 Å². The topological polar surface area (TPSA) is 209 Å². The van der Waals surface area contributed by atoms with E-state index in [-0.39, 0.29) is 53.4 Å². The van der Waals surface area contributed by atoms with Crippen molar-refractivity contribution in [3.8, 4) is 0 Å². The quantitative estimate of drug-likeness (QED) is 0.0929. The lowest BCUT2D eigenvalue weighted by atomic mass is 9.81. The standard InChI is InChI=1S/C57H72F2N10O6/c1-33-28-47(36-20-22-41-43(29-36)64-51(62-41)45-18-12-26-67(45)53(70)49(74-55(60)72)34-14-6-3-7-15-34)69(38-31-39(58)48(40(59)32-38)66-24-10-5-11-25-66)57(33,2)37-21-23-42-44(30-37)65-52(63-42)46-19-13-27-68(46)54(71)50(75-56(61)73)35-16-8-4-9-17-35/h20-23,29-35,45-47,49-50H,3-19,24-28H2,1-2H3,(H2,60,72)(H2,61,73)(H,62,64)(H,63,65)/t33?,45-,46-,47?,49-,50-,57+/m0/s1. The van der Waals surface area contributed by atoms with Crippen molar-refractivity contribution in [1.29, 1.82) is 0 Å². The molecule has 4 aliphatic heterocycles. The normalized spacial score (nSPS) is 25.8. The Morgan fingerprint density at radius 2 is 1.12 bits per heavy atom. The molecule has 2 aromatic heterocycles. The van der Waals surface area contributed by atoms with E-state index in [1.165, 1.54) is 12.1 Å². The van der Waals surface area contributed by atoms with E-state index in [0.717, 1.165) is 130 Å².